The number of hydrogen-bond donors (Lipinski definition) is 1. The van der Waals surface area contributed by atoms with Crippen LogP contribution < -0.4 is 5.73 Å². The Morgan fingerprint density at radius 1 is 1.28 bits per heavy atom. The summed E-state index contributed by atoms with van der Waals surface area (Å²) in [4.78, 5) is 11.4. The molecular weight excluding hydrogens is 246 g/mol. The quantitative estimate of drug-likeness (QED) is 0.905. The molecule has 2 aromatic rings. The number of hydrogen-bond acceptors (Lipinski definition) is 5. The predicted octanol–water partition coefficient (Wildman–Crippen LogP) is 2.92. The van der Waals surface area contributed by atoms with Crippen LogP contribution in [0.25, 0.3) is 10.2 Å². The summed E-state index contributed by atoms with van der Waals surface area (Å²) in [5.41, 5.74) is 7.00. The molecule has 0 radical (unpaired) electrons. The molecule has 0 spiro atoms. The summed E-state index contributed by atoms with van der Waals surface area (Å²) in [5, 5.41) is 1.01. The van der Waals surface area contributed by atoms with Crippen LogP contribution in [0.1, 0.15) is 35.5 Å². The van der Waals surface area contributed by atoms with Crippen LogP contribution in [0.2, 0.25) is 0 Å². The average Bonchev–Trinajstić information content (AvgIpc) is 2.54. The fraction of sp³-hybridized carbons (Fsp3) is 0.538. The van der Waals surface area contributed by atoms with E-state index in [9.17, 15) is 0 Å². The maximum atomic E-state index is 6.10. The minimum atomic E-state index is -0.298. The lowest BCUT2D eigenvalue weighted by Gasteiger charge is -2.38. The van der Waals surface area contributed by atoms with E-state index >= 15 is 0 Å². The Bertz CT molecular complexity index is 611. The van der Waals surface area contributed by atoms with E-state index in [0.717, 1.165) is 35.3 Å². The van der Waals surface area contributed by atoms with E-state index in [1.807, 2.05) is 0 Å². The van der Waals surface area contributed by atoms with Gasteiger partial charge in [-0.25, -0.2) is 9.97 Å². The summed E-state index contributed by atoms with van der Waals surface area (Å²) in [6.07, 6.45) is 3.13. The Kier molecular flexibility index (Phi) is 2.57. The van der Waals surface area contributed by atoms with E-state index in [1.54, 1.807) is 18.4 Å². The van der Waals surface area contributed by atoms with Crippen molar-refractivity contribution in [2.24, 2.45) is 0 Å². The van der Waals surface area contributed by atoms with Crippen LogP contribution in [0.3, 0.4) is 0 Å². The highest BCUT2D eigenvalue weighted by Gasteiger charge is 2.42. The standard InChI is InChI=1S/C13H17N3OS/c1-7-8(2)18-11-9(7)10(14)15-12(16-11)13(17-3)5-4-6-13/h4-6H2,1-3H3,(H2,14,15,16). The van der Waals surface area contributed by atoms with Gasteiger partial charge in [-0.05, 0) is 38.7 Å². The molecule has 0 aliphatic heterocycles. The lowest BCUT2D eigenvalue weighted by atomic mass is 9.79. The van der Waals surface area contributed by atoms with Crippen molar-refractivity contribution in [1.82, 2.24) is 9.97 Å². The number of nitrogen functional groups attached to an aromatic ring is 1. The molecule has 18 heavy (non-hydrogen) atoms. The highest BCUT2D eigenvalue weighted by molar-refractivity contribution is 7.18. The van der Waals surface area contributed by atoms with Crippen LogP contribution in [0, 0.1) is 13.8 Å². The number of aryl methyl sites for hydroxylation is 2. The third-order valence-electron chi connectivity index (χ3n) is 4.02. The highest BCUT2D eigenvalue weighted by atomic mass is 32.1. The van der Waals surface area contributed by atoms with Crippen LogP contribution in [0.15, 0.2) is 0 Å². The number of nitrogens with two attached hydrogens (primary N) is 1. The molecular formula is C13H17N3OS. The van der Waals surface area contributed by atoms with Crippen LogP contribution in [0.5, 0.6) is 0 Å². The van der Waals surface area contributed by atoms with Gasteiger partial charge in [0.05, 0.1) is 5.39 Å². The zero-order chi connectivity index (χ0) is 12.9. The zero-order valence-electron chi connectivity index (χ0n) is 10.9. The van der Waals surface area contributed by atoms with E-state index in [1.165, 1.54) is 10.4 Å². The molecule has 2 aromatic heterocycles. The number of anilines is 1. The van der Waals surface area contributed by atoms with Crippen molar-refractivity contribution in [2.45, 2.75) is 38.7 Å². The van der Waals surface area contributed by atoms with Crippen LogP contribution >= 0.6 is 11.3 Å². The van der Waals surface area contributed by atoms with Gasteiger partial charge in [-0.1, -0.05) is 0 Å². The molecule has 0 saturated heterocycles. The minimum Gasteiger partial charge on any atom is -0.383 e. The van der Waals surface area contributed by atoms with Gasteiger partial charge in [0.2, 0.25) is 0 Å². The average molecular weight is 263 g/mol. The van der Waals surface area contributed by atoms with E-state index < -0.39 is 0 Å². The molecule has 1 fully saturated rings. The summed E-state index contributed by atoms with van der Waals surface area (Å²) in [6, 6.07) is 0. The van der Waals surface area contributed by atoms with Gasteiger partial charge in [0.15, 0.2) is 5.82 Å². The molecule has 4 nitrogen and oxygen atoms in total. The molecule has 0 amide bonds. The molecule has 3 rings (SSSR count). The van der Waals surface area contributed by atoms with E-state index in [0.29, 0.717) is 5.82 Å². The third kappa shape index (κ3) is 1.47. The first kappa shape index (κ1) is 11.9. The van der Waals surface area contributed by atoms with E-state index in [2.05, 4.69) is 23.8 Å². The summed E-state index contributed by atoms with van der Waals surface area (Å²) in [7, 11) is 1.73. The summed E-state index contributed by atoms with van der Waals surface area (Å²) >= 11 is 1.68. The second-order valence-corrected chi connectivity index (χ2v) is 6.15. The first-order valence-electron chi connectivity index (χ1n) is 6.16. The first-order chi connectivity index (χ1) is 8.57. The SMILES string of the molecule is COC1(c2nc(N)c3c(C)c(C)sc3n2)CCC1. The van der Waals surface area contributed by atoms with Crippen molar-refractivity contribution in [1.29, 1.82) is 0 Å². The van der Waals surface area contributed by atoms with Crippen molar-refractivity contribution in [2.75, 3.05) is 12.8 Å². The van der Waals surface area contributed by atoms with Crippen molar-refractivity contribution >= 4 is 27.4 Å². The van der Waals surface area contributed by atoms with Gasteiger partial charge in [-0.2, -0.15) is 0 Å². The van der Waals surface area contributed by atoms with E-state index in [4.69, 9.17) is 10.5 Å². The third-order valence-corrected chi connectivity index (χ3v) is 5.12. The van der Waals surface area contributed by atoms with Gasteiger partial charge in [-0.3, -0.25) is 0 Å². The molecule has 0 unspecified atom stereocenters. The largest absolute Gasteiger partial charge is 0.383 e. The maximum Gasteiger partial charge on any atom is 0.164 e. The number of thiophene rings is 1. The summed E-state index contributed by atoms with van der Waals surface area (Å²) in [6.45, 7) is 4.17. The van der Waals surface area contributed by atoms with Crippen LogP contribution in [-0.2, 0) is 10.3 Å². The molecule has 0 bridgehead atoms. The molecule has 96 valence electrons. The van der Waals surface area contributed by atoms with Crippen molar-refractivity contribution in [3.8, 4) is 0 Å². The van der Waals surface area contributed by atoms with Crippen molar-refractivity contribution in [3.05, 3.63) is 16.3 Å². The molecule has 2 heterocycles. The number of methoxy groups -OCH3 is 1. The summed E-state index contributed by atoms with van der Waals surface area (Å²) < 4.78 is 5.62. The smallest absolute Gasteiger partial charge is 0.164 e. The van der Waals surface area contributed by atoms with Crippen molar-refractivity contribution in [3.63, 3.8) is 0 Å². The Morgan fingerprint density at radius 2 is 2.00 bits per heavy atom. The maximum absolute atomic E-state index is 6.10. The topological polar surface area (TPSA) is 61.0 Å². The van der Waals surface area contributed by atoms with Crippen LogP contribution in [0.4, 0.5) is 5.82 Å². The Labute approximate surface area is 110 Å². The monoisotopic (exact) mass is 263 g/mol. The number of aromatic nitrogens is 2. The minimum absolute atomic E-state index is 0.298. The molecule has 1 aliphatic carbocycles. The molecule has 1 saturated carbocycles. The zero-order valence-corrected chi connectivity index (χ0v) is 11.7. The van der Waals surface area contributed by atoms with Gasteiger partial charge in [-0.15, -0.1) is 11.3 Å². The van der Waals surface area contributed by atoms with Gasteiger partial charge in [0.1, 0.15) is 16.2 Å². The molecule has 0 aromatic carbocycles. The number of fused-ring (bicyclic) bond motifs is 1. The number of ether oxygens (including phenoxy) is 1. The first-order valence-corrected chi connectivity index (χ1v) is 6.98. The highest BCUT2D eigenvalue weighted by Crippen LogP contribution is 2.44. The number of nitrogens with zero attached hydrogens (tertiary/aromatic N) is 2. The molecule has 2 N–H and O–H groups in total. The van der Waals surface area contributed by atoms with Crippen molar-refractivity contribution < 1.29 is 4.74 Å². The predicted molar refractivity (Wildman–Crippen MR) is 73.8 cm³/mol. The number of rotatable bonds is 2. The van der Waals surface area contributed by atoms with Crippen LogP contribution in [-0.4, -0.2) is 17.1 Å². The lowest BCUT2D eigenvalue weighted by Crippen LogP contribution is -2.38. The Hall–Kier alpha value is -1.20. The fourth-order valence-electron chi connectivity index (χ4n) is 2.50. The van der Waals surface area contributed by atoms with Gasteiger partial charge >= 0.3 is 0 Å². The lowest BCUT2D eigenvalue weighted by molar-refractivity contribution is -0.0842. The second kappa shape index (κ2) is 3.90. The van der Waals surface area contributed by atoms with Gasteiger partial charge in [0.25, 0.3) is 0 Å². The fourth-order valence-corrected chi connectivity index (χ4v) is 3.54. The van der Waals surface area contributed by atoms with Gasteiger partial charge in [0, 0.05) is 12.0 Å². The second-order valence-electron chi connectivity index (χ2n) is 4.95. The van der Waals surface area contributed by atoms with E-state index in [-0.39, 0.29) is 5.60 Å². The normalized spacial score (nSPS) is 17.9. The molecule has 5 heteroatoms. The Balaban J connectivity index is 2.21. The molecule has 1 aliphatic rings. The summed E-state index contributed by atoms with van der Waals surface area (Å²) in [5.74, 6) is 1.34. The molecule has 0 atom stereocenters. The van der Waals surface area contributed by atoms with Gasteiger partial charge < -0.3 is 10.5 Å². The Morgan fingerprint density at radius 3 is 2.56 bits per heavy atom.